The maximum absolute atomic E-state index is 11.0. The van der Waals surface area contributed by atoms with Crippen LogP contribution in [0.4, 0.5) is 0 Å². The molecule has 19 heavy (non-hydrogen) atoms. The third-order valence-corrected chi connectivity index (χ3v) is 3.30. The van der Waals surface area contributed by atoms with Crippen molar-refractivity contribution in [2.75, 3.05) is 20.0 Å². The number of pyridine rings is 1. The van der Waals surface area contributed by atoms with Crippen LogP contribution in [0.25, 0.3) is 0 Å². The molecule has 0 bridgehead atoms. The first kappa shape index (κ1) is 20.7. The number of rotatable bonds is 3. The van der Waals surface area contributed by atoms with Crippen LogP contribution < -0.4 is 0 Å². The lowest BCUT2D eigenvalue weighted by molar-refractivity contribution is 0.199. The summed E-state index contributed by atoms with van der Waals surface area (Å²) in [7, 11) is -1.45. The summed E-state index contributed by atoms with van der Waals surface area (Å²) in [5.41, 5.74) is 0.666. The lowest BCUT2D eigenvalue weighted by Gasteiger charge is -1.99. The zero-order chi connectivity index (χ0) is 15.5. The van der Waals surface area contributed by atoms with Crippen LogP contribution >= 0.6 is 11.6 Å². The molecule has 0 saturated heterocycles. The number of hydrogen-bond acceptors (Lipinski definition) is 4. The van der Waals surface area contributed by atoms with Gasteiger partial charge in [0.15, 0.2) is 9.84 Å². The summed E-state index contributed by atoms with van der Waals surface area (Å²) in [6.07, 6.45) is 3.51. The molecule has 4 nitrogen and oxygen atoms in total. The number of sulfone groups is 1. The number of aryl methyl sites for hydroxylation is 1. The van der Waals surface area contributed by atoms with Gasteiger partial charge in [0.05, 0.1) is 4.90 Å². The average molecular weight is 310 g/mol. The molecule has 0 spiro atoms. The van der Waals surface area contributed by atoms with E-state index in [1.54, 1.807) is 14.0 Å². The third kappa shape index (κ3) is 9.87. The van der Waals surface area contributed by atoms with E-state index in [2.05, 4.69) is 11.9 Å². The molecule has 1 rings (SSSR count). The van der Waals surface area contributed by atoms with Crippen LogP contribution in [0.2, 0.25) is 5.15 Å². The summed E-state index contributed by atoms with van der Waals surface area (Å²) in [6.45, 7) is 8.69. The van der Waals surface area contributed by atoms with Crippen molar-refractivity contribution >= 4 is 21.4 Å². The van der Waals surface area contributed by atoms with Crippen molar-refractivity contribution in [3.05, 3.63) is 23.0 Å². The maximum atomic E-state index is 11.0. The van der Waals surface area contributed by atoms with Gasteiger partial charge >= 0.3 is 0 Å². The Labute approximate surface area is 122 Å². The summed E-state index contributed by atoms with van der Waals surface area (Å²) in [5.74, 6) is 0. The number of methoxy groups -OCH3 is 1. The Kier molecular flexibility index (Phi) is 12.2. The summed E-state index contributed by atoms with van der Waals surface area (Å²) < 4.78 is 26.7. The molecule has 0 aromatic carbocycles. The predicted molar refractivity (Wildman–Crippen MR) is 80.6 cm³/mol. The lowest BCUT2D eigenvalue weighted by Crippen LogP contribution is -1.98. The molecule has 6 heteroatoms. The Hall–Kier alpha value is -0.650. The highest BCUT2D eigenvalue weighted by Crippen LogP contribution is 2.15. The molecule has 112 valence electrons. The Bertz CT molecular complexity index is 445. The molecule has 1 aromatic rings. The zero-order valence-corrected chi connectivity index (χ0v) is 14.1. The Morgan fingerprint density at radius 2 is 1.89 bits per heavy atom. The largest absolute Gasteiger partial charge is 0.385 e. The molecule has 0 amide bonds. The monoisotopic (exact) mass is 309 g/mol. The van der Waals surface area contributed by atoms with Crippen LogP contribution in [0.5, 0.6) is 0 Å². The van der Waals surface area contributed by atoms with E-state index in [0.29, 0.717) is 10.7 Å². The van der Waals surface area contributed by atoms with Gasteiger partial charge in [-0.1, -0.05) is 32.4 Å². The minimum Gasteiger partial charge on any atom is -0.385 e. The van der Waals surface area contributed by atoms with Crippen LogP contribution in [0.1, 0.15) is 32.8 Å². The van der Waals surface area contributed by atoms with Gasteiger partial charge in [0.25, 0.3) is 0 Å². The maximum Gasteiger partial charge on any atom is 0.177 e. The number of halogens is 1. The van der Waals surface area contributed by atoms with Crippen LogP contribution in [-0.2, 0) is 14.6 Å². The fourth-order valence-electron chi connectivity index (χ4n) is 0.939. The molecule has 0 aliphatic carbocycles. The standard InChI is InChI=1S/C7H8ClNO2S.C4H10O.C2H6/c1-5-3-6(12(2,10)11)4-9-7(5)8;1-3-4-5-2;1-2/h3-4H,1-2H3;3-4H2,1-2H3;1-2H3. The normalized spacial score (nSPS) is 9.84. The molecule has 0 aliphatic rings. The van der Waals surface area contributed by atoms with Crippen molar-refractivity contribution in [2.45, 2.75) is 39.0 Å². The topological polar surface area (TPSA) is 56.3 Å². The Morgan fingerprint density at radius 1 is 1.37 bits per heavy atom. The van der Waals surface area contributed by atoms with Crippen LogP contribution in [0, 0.1) is 6.92 Å². The molecular formula is C13H24ClNO3S. The SMILES string of the molecule is CC.CCCOC.Cc1cc(S(C)(=O)=O)cnc1Cl. The van der Waals surface area contributed by atoms with Gasteiger partial charge in [0, 0.05) is 26.2 Å². The minimum atomic E-state index is -3.16. The first-order valence-corrected chi connectivity index (χ1v) is 8.41. The minimum absolute atomic E-state index is 0.199. The van der Waals surface area contributed by atoms with Crippen LogP contribution in [0.15, 0.2) is 17.2 Å². The second-order valence-electron chi connectivity index (χ2n) is 3.54. The van der Waals surface area contributed by atoms with Crippen molar-refractivity contribution in [2.24, 2.45) is 0 Å². The van der Waals surface area contributed by atoms with E-state index < -0.39 is 9.84 Å². The molecule has 0 atom stereocenters. The van der Waals surface area contributed by atoms with Gasteiger partial charge in [-0.15, -0.1) is 0 Å². The third-order valence-electron chi connectivity index (χ3n) is 1.83. The Morgan fingerprint density at radius 3 is 2.16 bits per heavy atom. The number of hydrogen-bond donors (Lipinski definition) is 0. The van der Waals surface area contributed by atoms with Crippen LogP contribution in [0.3, 0.4) is 0 Å². The second-order valence-corrected chi connectivity index (χ2v) is 5.92. The van der Waals surface area contributed by atoms with E-state index in [9.17, 15) is 8.42 Å². The van der Waals surface area contributed by atoms with E-state index in [1.807, 2.05) is 13.8 Å². The fraction of sp³-hybridized carbons (Fsp3) is 0.615. The predicted octanol–water partition coefficient (Wildman–Crippen LogP) is 3.52. The number of aromatic nitrogens is 1. The van der Waals surface area contributed by atoms with Gasteiger partial charge in [-0.05, 0) is 25.0 Å². The van der Waals surface area contributed by atoms with Crippen molar-refractivity contribution in [3.8, 4) is 0 Å². The molecule has 0 fully saturated rings. The molecule has 0 radical (unpaired) electrons. The first-order valence-electron chi connectivity index (χ1n) is 6.14. The van der Waals surface area contributed by atoms with E-state index >= 15 is 0 Å². The highest BCUT2D eigenvalue weighted by atomic mass is 35.5. The van der Waals surface area contributed by atoms with Gasteiger partial charge in [-0.3, -0.25) is 0 Å². The molecule has 0 N–H and O–H groups in total. The molecule has 0 unspecified atom stereocenters. The summed E-state index contributed by atoms with van der Waals surface area (Å²) >= 11 is 5.62. The van der Waals surface area contributed by atoms with Gasteiger partial charge < -0.3 is 4.74 Å². The highest BCUT2D eigenvalue weighted by Gasteiger charge is 2.08. The van der Waals surface area contributed by atoms with Crippen LogP contribution in [-0.4, -0.2) is 33.4 Å². The van der Waals surface area contributed by atoms with Gasteiger partial charge in [-0.2, -0.15) is 0 Å². The highest BCUT2D eigenvalue weighted by molar-refractivity contribution is 7.90. The number of ether oxygens (including phenoxy) is 1. The first-order chi connectivity index (χ1) is 8.82. The number of nitrogens with zero attached hydrogens (tertiary/aromatic N) is 1. The average Bonchev–Trinajstić information content (AvgIpc) is 2.36. The quantitative estimate of drug-likeness (QED) is 0.802. The van der Waals surface area contributed by atoms with Crippen molar-refractivity contribution in [1.29, 1.82) is 0 Å². The van der Waals surface area contributed by atoms with E-state index in [1.165, 1.54) is 12.3 Å². The van der Waals surface area contributed by atoms with E-state index in [0.717, 1.165) is 19.3 Å². The lowest BCUT2D eigenvalue weighted by atomic mass is 10.3. The molecule has 0 aliphatic heterocycles. The van der Waals surface area contributed by atoms with Crippen molar-refractivity contribution < 1.29 is 13.2 Å². The summed E-state index contributed by atoms with van der Waals surface area (Å²) in [5, 5.41) is 0.336. The fourth-order valence-corrected chi connectivity index (χ4v) is 1.68. The molecule has 1 aromatic heterocycles. The van der Waals surface area contributed by atoms with Crippen molar-refractivity contribution in [1.82, 2.24) is 4.98 Å². The zero-order valence-electron chi connectivity index (χ0n) is 12.5. The molecule has 1 heterocycles. The summed E-state index contributed by atoms with van der Waals surface area (Å²) in [4.78, 5) is 3.93. The van der Waals surface area contributed by atoms with Crippen molar-refractivity contribution in [3.63, 3.8) is 0 Å². The molecule has 0 saturated carbocycles. The van der Waals surface area contributed by atoms with Gasteiger partial charge in [0.2, 0.25) is 0 Å². The second kappa shape index (κ2) is 11.2. The van der Waals surface area contributed by atoms with E-state index in [-0.39, 0.29) is 4.90 Å². The summed E-state index contributed by atoms with van der Waals surface area (Å²) in [6, 6.07) is 1.50. The van der Waals surface area contributed by atoms with Gasteiger partial charge in [-0.25, -0.2) is 13.4 Å². The van der Waals surface area contributed by atoms with E-state index in [4.69, 9.17) is 16.3 Å². The smallest absolute Gasteiger partial charge is 0.177 e. The molecular weight excluding hydrogens is 286 g/mol. The Balaban J connectivity index is 0. The van der Waals surface area contributed by atoms with Gasteiger partial charge in [0.1, 0.15) is 5.15 Å².